The molecule has 3 heterocycles. The van der Waals surface area contributed by atoms with Gasteiger partial charge in [-0.3, -0.25) is 9.59 Å². The number of carbonyl (C=O) groups is 2. The van der Waals surface area contributed by atoms with Gasteiger partial charge in [0.1, 0.15) is 5.76 Å². The number of thiophene rings is 1. The monoisotopic (exact) mass is 380 g/mol. The Morgan fingerprint density at radius 3 is 2.74 bits per heavy atom. The summed E-state index contributed by atoms with van der Waals surface area (Å²) in [6.07, 6.45) is 4.89. The second-order valence-electron chi connectivity index (χ2n) is 6.52. The fourth-order valence-corrected chi connectivity index (χ4v) is 4.20. The molecule has 1 N–H and O–H groups in total. The average Bonchev–Trinajstić information content (AvgIpc) is 3.30. The summed E-state index contributed by atoms with van der Waals surface area (Å²) in [4.78, 5) is 28.2. The smallest absolute Gasteiger partial charge is 0.258 e. The van der Waals surface area contributed by atoms with Crippen LogP contribution in [-0.4, -0.2) is 18.4 Å². The first-order valence-electron chi connectivity index (χ1n) is 9.01. The fraction of sp³-hybridized carbons (Fsp3) is 0.238. The van der Waals surface area contributed by atoms with Gasteiger partial charge in [0.25, 0.3) is 5.91 Å². The Balaban J connectivity index is 1.44. The average molecular weight is 380 g/mol. The molecule has 0 bridgehead atoms. The molecule has 0 saturated carbocycles. The third-order valence-electron chi connectivity index (χ3n) is 4.62. The van der Waals surface area contributed by atoms with Crippen LogP contribution in [0.2, 0.25) is 0 Å². The molecule has 1 aliphatic heterocycles. The van der Waals surface area contributed by atoms with E-state index in [0.717, 1.165) is 31.5 Å². The molecule has 0 spiro atoms. The molecule has 2 amide bonds. The van der Waals surface area contributed by atoms with E-state index in [9.17, 15) is 9.59 Å². The summed E-state index contributed by atoms with van der Waals surface area (Å²) in [5, 5.41) is 4.87. The van der Waals surface area contributed by atoms with Crippen LogP contribution in [0.15, 0.2) is 58.5 Å². The van der Waals surface area contributed by atoms with Gasteiger partial charge in [0.15, 0.2) is 0 Å². The van der Waals surface area contributed by atoms with Crippen LogP contribution in [0.25, 0.3) is 0 Å². The summed E-state index contributed by atoms with van der Waals surface area (Å²) in [5.41, 5.74) is 2.33. The molecule has 0 saturated heterocycles. The molecule has 1 aromatic carbocycles. The number of carbonyl (C=O) groups excluding carboxylic acids is 2. The molecule has 4 rings (SSSR count). The molecule has 0 unspecified atom stereocenters. The SMILES string of the molecule is O=C(Cc1ccco1)Nc1ccc(C(=O)N2CCCCc3sccc32)cc1. The molecular formula is C21H20N2O3S. The number of nitrogens with zero attached hydrogens (tertiary/aromatic N) is 1. The molecule has 0 aliphatic carbocycles. The van der Waals surface area contributed by atoms with Crippen molar-refractivity contribution in [1.82, 2.24) is 0 Å². The van der Waals surface area contributed by atoms with Crippen molar-refractivity contribution in [1.29, 1.82) is 0 Å². The Morgan fingerprint density at radius 1 is 1.11 bits per heavy atom. The minimum absolute atomic E-state index is 0.00464. The number of aryl methyl sites for hydroxylation is 1. The van der Waals surface area contributed by atoms with Gasteiger partial charge in [-0.1, -0.05) is 0 Å². The number of anilines is 2. The molecule has 0 radical (unpaired) electrons. The van der Waals surface area contributed by atoms with Crippen molar-refractivity contribution in [3.8, 4) is 0 Å². The van der Waals surface area contributed by atoms with Gasteiger partial charge < -0.3 is 14.6 Å². The third-order valence-corrected chi connectivity index (χ3v) is 5.59. The highest BCUT2D eigenvalue weighted by Crippen LogP contribution is 2.32. The number of amides is 2. The molecule has 0 atom stereocenters. The minimum atomic E-state index is -0.153. The van der Waals surface area contributed by atoms with Crippen LogP contribution >= 0.6 is 11.3 Å². The van der Waals surface area contributed by atoms with Crippen molar-refractivity contribution in [2.45, 2.75) is 25.7 Å². The summed E-state index contributed by atoms with van der Waals surface area (Å²) in [6, 6.07) is 12.6. The quantitative estimate of drug-likeness (QED) is 0.725. The van der Waals surface area contributed by atoms with Crippen molar-refractivity contribution >= 4 is 34.5 Å². The van der Waals surface area contributed by atoms with E-state index in [2.05, 4.69) is 5.32 Å². The van der Waals surface area contributed by atoms with Crippen LogP contribution in [0, 0.1) is 0 Å². The van der Waals surface area contributed by atoms with Crippen molar-refractivity contribution in [3.63, 3.8) is 0 Å². The first-order valence-corrected chi connectivity index (χ1v) is 9.89. The highest BCUT2D eigenvalue weighted by Gasteiger charge is 2.23. The largest absolute Gasteiger partial charge is 0.469 e. The van der Waals surface area contributed by atoms with E-state index in [1.54, 1.807) is 54.0 Å². The number of furan rings is 1. The maximum absolute atomic E-state index is 13.0. The predicted octanol–water partition coefficient (Wildman–Crippen LogP) is 4.51. The lowest BCUT2D eigenvalue weighted by Gasteiger charge is -2.21. The van der Waals surface area contributed by atoms with Gasteiger partial charge in [-0.25, -0.2) is 0 Å². The molecule has 6 heteroatoms. The first-order chi connectivity index (χ1) is 13.2. The summed E-state index contributed by atoms with van der Waals surface area (Å²) in [5.74, 6) is 0.469. The predicted molar refractivity (Wildman–Crippen MR) is 106 cm³/mol. The van der Waals surface area contributed by atoms with Crippen LogP contribution in [0.3, 0.4) is 0 Å². The number of rotatable bonds is 4. The van der Waals surface area contributed by atoms with Gasteiger partial charge in [-0.05, 0) is 67.1 Å². The van der Waals surface area contributed by atoms with E-state index in [1.807, 2.05) is 16.3 Å². The van der Waals surface area contributed by atoms with Gasteiger partial charge >= 0.3 is 0 Å². The van der Waals surface area contributed by atoms with Gasteiger partial charge in [0, 0.05) is 22.7 Å². The van der Waals surface area contributed by atoms with E-state index in [1.165, 1.54) is 4.88 Å². The zero-order valence-electron chi connectivity index (χ0n) is 14.8. The summed E-state index contributed by atoms with van der Waals surface area (Å²) >= 11 is 1.72. The molecule has 3 aromatic rings. The zero-order chi connectivity index (χ0) is 18.6. The topological polar surface area (TPSA) is 62.6 Å². The van der Waals surface area contributed by atoms with Crippen LogP contribution in [0.1, 0.15) is 33.8 Å². The van der Waals surface area contributed by atoms with Crippen molar-refractivity contribution in [2.75, 3.05) is 16.8 Å². The number of fused-ring (bicyclic) bond motifs is 1. The van der Waals surface area contributed by atoms with Gasteiger partial charge in [0.05, 0.1) is 18.4 Å². The first kappa shape index (κ1) is 17.5. The number of hydrogen-bond donors (Lipinski definition) is 1. The van der Waals surface area contributed by atoms with Crippen LogP contribution in [-0.2, 0) is 17.6 Å². The third kappa shape index (κ3) is 3.95. The fourth-order valence-electron chi connectivity index (χ4n) is 3.28. The van der Waals surface area contributed by atoms with E-state index in [0.29, 0.717) is 17.0 Å². The van der Waals surface area contributed by atoms with Crippen LogP contribution < -0.4 is 10.2 Å². The van der Waals surface area contributed by atoms with Gasteiger partial charge in [-0.2, -0.15) is 0 Å². The highest BCUT2D eigenvalue weighted by molar-refractivity contribution is 7.10. The molecule has 2 aromatic heterocycles. The standard InChI is InChI=1S/C21H20N2O3S/c24-20(14-17-4-3-12-26-17)22-16-8-6-15(7-9-16)21(25)23-11-2-1-5-19-18(23)10-13-27-19/h3-4,6-10,12-13H,1-2,5,11,14H2,(H,22,24). The van der Waals surface area contributed by atoms with E-state index in [4.69, 9.17) is 4.42 Å². The molecule has 27 heavy (non-hydrogen) atoms. The Bertz CT molecular complexity index is 929. The number of benzene rings is 1. The Labute approximate surface area is 161 Å². The highest BCUT2D eigenvalue weighted by atomic mass is 32.1. The maximum atomic E-state index is 13.0. The molecule has 1 aliphatic rings. The van der Waals surface area contributed by atoms with Crippen LogP contribution in [0.5, 0.6) is 0 Å². The lowest BCUT2D eigenvalue weighted by Crippen LogP contribution is -2.31. The van der Waals surface area contributed by atoms with E-state index >= 15 is 0 Å². The Hall–Kier alpha value is -2.86. The molecule has 0 fully saturated rings. The minimum Gasteiger partial charge on any atom is -0.469 e. The Kier molecular flexibility index (Phi) is 5.07. The summed E-state index contributed by atoms with van der Waals surface area (Å²) in [7, 11) is 0. The normalized spacial score (nSPS) is 13.7. The van der Waals surface area contributed by atoms with Crippen molar-refractivity contribution < 1.29 is 14.0 Å². The van der Waals surface area contributed by atoms with Gasteiger partial charge in [-0.15, -0.1) is 11.3 Å². The number of hydrogen-bond acceptors (Lipinski definition) is 4. The lowest BCUT2D eigenvalue weighted by molar-refractivity contribution is -0.115. The Morgan fingerprint density at radius 2 is 1.96 bits per heavy atom. The van der Waals surface area contributed by atoms with Gasteiger partial charge in [0.2, 0.25) is 5.91 Å². The lowest BCUT2D eigenvalue weighted by atomic mass is 10.1. The second-order valence-corrected chi connectivity index (χ2v) is 7.53. The van der Waals surface area contributed by atoms with Crippen molar-refractivity contribution in [2.24, 2.45) is 0 Å². The second kappa shape index (κ2) is 7.80. The molecular weight excluding hydrogens is 360 g/mol. The molecule has 138 valence electrons. The number of nitrogens with one attached hydrogen (secondary N) is 1. The van der Waals surface area contributed by atoms with Crippen LogP contribution in [0.4, 0.5) is 11.4 Å². The van der Waals surface area contributed by atoms with E-state index in [-0.39, 0.29) is 18.2 Å². The summed E-state index contributed by atoms with van der Waals surface area (Å²) < 4.78 is 5.18. The maximum Gasteiger partial charge on any atom is 0.258 e. The van der Waals surface area contributed by atoms with Crippen molar-refractivity contribution in [3.05, 3.63) is 70.3 Å². The van der Waals surface area contributed by atoms with E-state index < -0.39 is 0 Å². The molecule has 5 nitrogen and oxygen atoms in total. The zero-order valence-corrected chi connectivity index (χ0v) is 15.6. The summed E-state index contributed by atoms with van der Waals surface area (Å²) in [6.45, 7) is 0.740.